The summed E-state index contributed by atoms with van der Waals surface area (Å²) in [6.45, 7) is 0. The number of ether oxygens (including phenoxy) is 1. The van der Waals surface area contributed by atoms with Crippen molar-refractivity contribution < 1.29 is 23.8 Å². The van der Waals surface area contributed by atoms with Crippen LogP contribution in [0.1, 0.15) is 17.2 Å². The van der Waals surface area contributed by atoms with Crippen molar-refractivity contribution in [3.05, 3.63) is 102 Å². The number of aromatic nitrogens is 2. The molecule has 1 atom stereocenters. The van der Waals surface area contributed by atoms with Gasteiger partial charge in [0.25, 0.3) is 5.78 Å². The summed E-state index contributed by atoms with van der Waals surface area (Å²) in [5.41, 5.74) is 1.61. The van der Waals surface area contributed by atoms with Gasteiger partial charge in [-0.15, -0.1) is 5.10 Å². The Bertz CT molecular complexity index is 1380. The number of rotatable bonds is 5. The number of hydrogen-bond donors (Lipinski definition) is 1. The molecule has 0 aliphatic carbocycles. The second kappa shape index (κ2) is 8.67. The molecule has 0 saturated carbocycles. The van der Waals surface area contributed by atoms with Gasteiger partial charge in [0, 0.05) is 11.1 Å². The molecule has 2 heterocycles. The zero-order valence-electron chi connectivity index (χ0n) is 18.1. The van der Waals surface area contributed by atoms with Crippen molar-refractivity contribution in [2.45, 2.75) is 6.04 Å². The highest BCUT2D eigenvalue weighted by atomic mass is 16.5. The topological polar surface area (TPSA) is 106 Å². The van der Waals surface area contributed by atoms with Crippen LogP contribution in [0, 0.1) is 0 Å². The highest BCUT2D eigenvalue weighted by molar-refractivity contribution is 6.51. The van der Waals surface area contributed by atoms with Gasteiger partial charge in [-0.1, -0.05) is 65.8 Å². The molecule has 168 valence electrons. The number of benzene rings is 3. The maximum absolute atomic E-state index is 13.2. The molecule has 1 saturated heterocycles. The van der Waals surface area contributed by atoms with Crippen molar-refractivity contribution in [2.75, 3.05) is 12.0 Å². The number of ketones is 1. The van der Waals surface area contributed by atoms with Crippen LogP contribution in [-0.4, -0.2) is 34.1 Å². The van der Waals surface area contributed by atoms with E-state index < -0.39 is 17.7 Å². The van der Waals surface area contributed by atoms with Crippen molar-refractivity contribution in [1.82, 2.24) is 10.2 Å². The SMILES string of the molecule is COc1ccc(-c2nnc(N3C(=O)C(=O)C(=C(O)c4ccccc4)C3c3ccccc3)o2)cc1. The number of carbonyl (C=O) groups excluding carboxylic acids is 2. The van der Waals surface area contributed by atoms with Crippen LogP contribution in [0.4, 0.5) is 6.01 Å². The normalized spacial score (nSPS) is 17.2. The Labute approximate surface area is 194 Å². The van der Waals surface area contributed by atoms with Crippen LogP contribution in [-0.2, 0) is 9.59 Å². The summed E-state index contributed by atoms with van der Waals surface area (Å²) < 4.78 is 11.0. The van der Waals surface area contributed by atoms with Crippen LogP contribution in [0.25, 0.3) is 17.2 Å². The highest BCUT2D eigenvalue weighted by Crippen LogP contribution is 2.42. The molecule has 0 spiro atoms. The van der Waals surface area contributed by atoms with Gasteiger partial charge in [-0.3, -0.25) is 9.59 Å². The molecule has 8 heteroatoms. The van der Waals surface area contributed by atoms with Crippen LogP contribution in [0.15, 0.2) is 94.9 Å². The quantitative estimate of drug-likeness (QED) is 0.272. The second-order valence-corrected chi connectivity index (χ2v) is 7.56. The van der Waals surface area contributed by atoms with Crippen LogP contribution in [0.2, 0.25) is 0 Å². The molecule has 1 aliphatic heterocycles. The molecule has 1 N–H and O–H groups in total. The molecule has 8 nitrogen and oxygen atoms in total. The third-order valence-corrected chi connectivity index (χ3v) is 5.56. The monoisotopic (exact) mass is 453 g/mol. The van der Waals surface area contributed by atoms with Crippen LogP contribution in [0.5, 0.6) is 5.75 Å². The summed E-state index contributed by atoms with van der Waals surface area (Å²) in [6, 6.07) is 23.4. The van der Waals surface area contributed by atoms with E-state index in [1.54, 1.807) is 86.0 Å². The summed E-state index contributed by atoms with van der Waals surface area (Å²) in [7, 11) is 1.56. The maximum atomic E-state index is 13.2. The Balaban J connectivity index is 1.62. The van der Waals surface area contributed by atoms with Crippen molar-refractivity contribution in [1.29, 1.82) is 0 Å². The van der Waals surface area contributed by atoms with E-state index >= 15 is 0 Å². The lowest BCUT2D eigenvalue weighted by atomic mass is 9.95. The number of aliphatic hydroxyl groups is 1. The first kappa shape index (κ1) is 21.1. The van der Waals surface area contributed by atoms with E-state index in [0.29, 0.717) is 22.4 Å². The van der Waals surface area contributed by atoms with Crippen molar-refractivity contribution in [3.63, 3.8) is 0 Å². The number of amides is 1. The number of nitrogens with zero attached hydrogens (tertiary/aromatic N) is 3. The summed E-state index contributed by atoms with van der Waals surface area (Å²) in [5.74, 6) is -1.13. The molecule has 1 fully saturated rings. The standard InChI is InChI=1S/C26H19N3O5/c1-33-19-14-12-18(13-15-19)24-27-28-26(34-24)29-21(16-8-4-2-5-9-16)20(23(31)25(29)32)22(30)17-10-6-3-7-11-17/h2-15,21,30H,1H3. The summed E-state index contributed by atoms with van der Waals surface area (Å²) >= 11 is 0. The zero-order valence-corrected chi connectivity index (χ0v) is 18.1. The fraction of sp³-hybridized carbons (Fsp3) is 0.0769. The van der Waals surface area contributed by atoms with Crippen molar-refractivity contribution >= 4 is 23.5 Å². The Hall–Kier alpha value is -4.72. The molecule has 0 bridgehead atoms. The lowest BCUT2D eigenvalue weighted by molar-refractivity contribution is -0.132. The van der Waals surface area contributed by atoms with Gasteiger partial charge in [-0.2, -0.15) is 0 Å². The first-order valence-electron chi connectivity index (χ1n) is 10.5. The maximum Gasteiger partial charge on any atom is 0.326 e. The minimum atomic E-state index is -0.939. The Morgan fingerprint density at radius 3 is 2.21 bits per heavy atom. The Kier molecular flexibility index (Phi) is 5.39. The first-order chi connectivity index (χ1) is 16.6. The fourth-order valence-corrected chi connectivity index (χ4v) is 3.90. The second-order valence-electron chi connectivity index (χ2n) is 7.56. The van der Waals surface area contributed by atoms with Gasteiger partial charge in [-0.05, 0) is 29.8 Å². The predicted molar refractivity (Wildman–Crippen MR) is 124 cm³/mol. The van der Waals surface area contributed by atoms with Gasteiger partial charge < -0.3 is 14.3 Å². The smallest absolute Gasteiger partial charge is 0.326 e. The average Bonchev–Trinajstić information content (AvgIpc) is 3.47. The number of methoxy groups -OCH3 is 1. The molecule has 5 rings (SSSR count). The molecule has 3 aromatic carbocycles. The number of hydrogen-bond acceptors (Lipinski definition) is 7. The van der Waals surface area contributed by atoms with Crippen LogP contribution >= 0.6 is 0 Å². The molecule has 1 aromatic heterocycles. The fourth-order valence-electron chi connectivity index (χ4n) is 3.90. The largest absolute Gasteiger partial charge is 0.507 e. The van der Waals surface area contributed by atoms with Gasteiger partial charge >= 0.3 is 11.9 Å². The summed E-state index contributed by atoms with van der Waals surface area (Å²) in [6.07, 6.45) is 0. The van der Waals surface area contributed by atoms with E-state index in [-0.39, 0.29) is 23.2 Å². The number of carbonyl (C=O) groups is 2. The predicted octanol–water partition coefficient (Wildman–Crippen LogP) is 4.37. The molecular weight excluding hydrogens is 434 g/mol. The van der Waals surface area contributed by atoms with Crippen molar-refractivity contribution in [3.8, 4) is 17.2 Å². The third-order valence-electron chi connectivity index (χ3n) is 5.56. The Morgan fingerprint density at radius 1 is 0.912 bits per heavy atom. The zero-order chi connectivity index (χ0) is 23.7. The lowest BCUT2D eigenvalue weighted by Gasteiger charge is -2.21. The number of anilines is 1. The van der Waals surface area contributed by atoms with E-state index in [9.17, 15) is 14.7 Å². The highest BCUT2D eigenvalue weighted by Gasteiger charge is 2.49. The lowest BCUT2D eigenvalue weighted by Crippen LogP contribution is -2.29. The first-order valence-corrected chi connectivity index (χ1v) is 10.5. The van der Waals surface area contributed by atoms with Gasteiger partial charge in [0.15, 0.2) is 0 Å². The van der Waals surface area contributed by atoms with E-state index in [1.165, 1.54) is 0 Å². The van der Waals surface area contributed by atoms with Crippen LogP contribution in [0.3, 0.4) is 0 Å². The molecule has 1 amide bonds. The van der Waals surface area contributed by atoms with E-state index in [0.717, 1.165) is 4.90 Å². The van der Waals surface area contributed by atoms with E-state index in [4.69, 9.17) is 9.15 Å². The molecular formula is C26H19N3O5. The molecule has 0 radical (unpaired) electrons. The van der Waals surface area contributed by atoms with Gasteiger partial charge in [0.2, 0.25) is 5.89 Å². The minimum absolute atomic E-state index is 0.0494. The summed E-state index contributed by atoms with van der Waals surface area (Å²) in [5, 5.41) is 19.1. The van der Waals surface area contributed by atoms with Crippen LogP contribution < -0.4 is 9.64 Å². The van der Waals surface area contributed by atoms with Gasteiger partial charge in [0.1, 0.15) is 11.5 Å². The van der Waals surface area contributed by atoms with Gasteiger partial charge in [0.05, 0.1) is 18.7 Å². The number of aliphatic hydroxyl groups excluding tert-OH is 1. The average molecular weight is 453 g/mol. The van der Waals surface area contributed by atoms with E-state index in [2.05, 4.69) is 10.2 Å². The Morgan fingerprint density at radius 2 is 1.56 bits per heavy atom. The molecule has 1 aliphatic rings. The number of Topliss-reactive ketones (excluding diaryl/α,β-unsaturated/α-hetero) is 1. The van der Waals surface area contributed by atoms with Gasteiger partial charge in [-0.25, -0.2) is 4.90 Å². The molecule has 1 unspecified atom stereocenters. The van der Waals surface area contributed by atoms with Crippen molar-refractivity contribution in [2.24, 2.45) is 0 Å². The third kappa shape index (κ3) is 3.61. The molecule has 4 aromatic rings. The summed E-state index contributed by atoms with van der Waals surface area (Å²) in [4.78, 5) is 27.4. The van der Waals surface area contributed by atoms with E-state index in [1.807, 2.05) is 6.07 Å². The molecule has 34 heavy (non-hydrogen) atoms. The minimum Gasteiger partial charge on any atom is -0.507 e.